The van der Waals surface area contributed by atoms with Gasteiger partial charge in [-0.3, -0.25) is 9.78 Å². The molecule has 0 bridgehead atoms. The van der Waals surface area contributed by atoms with Crippen LogP contribution in [0.15, 0.2) is 36.5 Å². The van der Waals surface area contributed by atoms with Crippen molar-refractivity contribution in [3.8, 4) is 5.69 Å². The zero-order valence-electron chi connectivity index (χ0n) is 17.1. The van der Waals surface area contributed by atoms with Gasteiger partial charge in [-0.1, -0.05) is 25.1 Å². The van der Waals surface area contributed by atoms with Crippen LogP contribution in [0.3, 0.4) is 0 Å². The minimum atomic E-state index is -0.142. The van der Waals surface area contributed by atoms with E-state index in [-0.39, 0.29) is 36.8 Å². The molecule has 0 aliphatic rings. The van der Waals surface area contributed by atoms with Gasteiger partial charge in [0.05, 0.1) is 16.9 Å². The maximum absolute atomic E-state index is 12.8. The van der Waals surface area contributed by atoms with Crippen LogP contribution in [0.4, 0.5) is 0 Å². The number of nitrogens with two attached hydrogens (primary N) is 1. The molecule has 3 rings (SSSR count). The van der Waals surface area contributed by atoms with Crippen LogP contribution < -0.4 is 5.73 Å². The molecule has 0 spiro atoms. The van der Waals surface area contributed by atoms with Crippen molar-refractivity contribution >= 4 is 41.6 Å². The Bertz CT molecular complexity index is 959. The second-order valence-electron chi connectivity index (χ2n) is 7.24. The van der Waals surface area contributed by atoms with E-state index in [9.17, 15) is 4.79 Å². The Hall–Kier alpha value is -2.22. The number of benzene rings is 1. The minimum absolute atomic E-state index is 0. The smallest absolute Gasteiger partial charge is 0.276 e. The fraction of sp³-hybridized carbons (Fsp3) is 0.400. The SMILES string of the molecule is Cc1c(C(=O)N(C)CCC(N)C(C)C)nnn1-c1ccc2ncccc2c1.Cl.Cl. The van der Waals surface area contributed by atoms with Gasteiger partial charge in [-0.2, -0.15) is 0 Å². The lowest BCUT2D eigenvalue weighted by Crippen LogP contribution is -2.35. The number of nitrogens with zero attached hydrogens (tertiary/aromatic N) is 5. The summed E-state index contributed by atoms with van der Waals surface area (Å²) in [5.74, 6) is 0.246. The molecule has 1 atom stereocenters. The third kappa shape index (κ3) is 5.44. The number of hydrogen-bond acceptors (Lipinski definition) is 5. The van der Waals surface area contributed by atoms with Crippen molar-refractivity contribution in [2.45, 2.75) is 33.2 Å². The van der Waals surface area contributed by atoms with E-state index >= 15 is 0 Å². The fourth-order valence-electron chi connectivity index (χ4n) is 2.93. The molecule has 0 saturated heterocycles. The topological polar surface area (TPSA) is 89.9 Å². The average Bonchev–Trinajstić information content (AvgIpc) is 3.05. The molecule has 2 heterocycles. The van der Waals surface area contributed by atoms with Gasteiger partial charge in [0.25, 0.3) is 5.91 Å². The first-order chi connectivity index (χ1) is 12.9. The summed E-state index contributed by atoms with van der Waals surface area (Å²) in [5.41, 5.74) is 8.92. The van der Waals surface area contributed by atoms with Crippen molar-refractivity contribution in [1.29, 1.82) is 0 Å². The Morgan fingerprint density at radius 3 is 2.66 bits per heavy atom. The third-order valence-corrected chi connectivity index (χ3v) is 4.93. The number of pyridine rings is 1. The molecule has 3 aromatic rings. The van der Waals surface area contributed by atoms with Crippen LogP contribution in [-0.4, -0.2) is 50.4 Å². The van der Waals surface area contributed by atoms with E-state index in [4.69, 9.17) is 5.73 Å². The molecule has 0 aliphatic heterocycles. The van der Waals surface area contributed by atoms with Gasteiger partial charge >= 0.3 is 0 Å². The standard InChI is InChI=1S/C20H26N6O.2ClH/c1-13(2)17(21)9-11-25(4)20(27)19-14(3)26(24-23-19)16-7-8-18-15(12-16)6-5-10-22-18;;/h5-8,10,12-13,17H,9,11,21H2,1-4H3;2*1H. The molecule has 1 unspecified atom stereocenters. The zero-order valence-corrected chi connectivity index (χ0v) is 18.7. The summed E-state index contributed by atoms with van der Waals surface area (Å²) in [6.07, 6.45) is 2.52. The molecule has 0 aliphatic carbocycles. The summed E-state index contributed by atoms with van der Waals surface area (Å²) in [5, 5.41) is 9.34. The first-order valence-electron chi connectivity index (χ1n) is 9.17. The molecular weight excluding hydrogens is 411 g/mol. The Morgan fingerprint density at radius 2 is 1.97 bits per heavy atom. The minimum Gasteiger partial charge on any atom is -0.340 e. The van der Waals surface area contributed by atoms with Crippen LogP contribution in [0, 0.1) is 12.8 Å². The van der Waals surface area contributed by atoms with Crippen LogP contribution in [0.5, 0.6) is 0 Å². The van der Waals surface area contributed by atoms with E-state index in [1.807, 2.05) is 37.3 Å². The number of halogens is 2. The normalized spacial score (nSPS) is 11.7. The Kier molecular flexibility index (Phi) is 9.01. The zero-order chi connectivity index (χ0) is 19.6. The second-order valence-corrected chi connectivity index (χ2v) is 7.24. The van der Waals surface area contributed by atoms with Gasteiger partial charge in [-0.15, -0.1) is 29.9 Å². The van der Waals surface area contributed by atoms with Crippen molar-refractivity contribution in [2.75, 3.05) is 13.6 Å². The molecule has 158 valence electrons. The van der Waals surface area contributed by atoms with Crippen LogP contribution in [0.1, 0.15) is 36.5 Å². The lowest BCUT2D eigenvalue weighted by Gasteiger charge is -2.21. The first kappa shape index (κ1) is 24.8. The molecule has 7 nitrogen and oxygen atoms in total. The summed E-state index contributed by atoms with van der Waals surface area (Å²) in [6.45, 7) is 6.61. The van der Waals surface area contributed by atoms with Crippen LogP contribution in [-0.2, 0) is 0 Å². The number of carbonyl (C=O) groups excluding carboxylic acids is 1. The Labute approximate surface area is 183 Å². The van der Waals surface area contributed by atoms with Gasteiger partial charge in [0.1, 0.15) is 0 Å². The molecule has 0 fully saturated rings. The second kappa shape index (κ2) is 10.5. The van der Waals surface area contributed by atoms with Gasteiger partial charge in [-0.05, 0) is 43.5 Å². The van der Waals surface area contributed by atoms with Crippen molar-refractivity contribution < 1.29 is 4.79 Å². The highest BCUT2D eigenvalue weighted by atomic mass is 35.5. The molecule has 29 heavy (non-hydrogen) atoms. The number of rotatable bonds is 6. The van der Waals surface area contributed by atoms with Crippen molar-refractivity contribution in [3.63, 3.8) is 0 Å². The summed E-state index contributed by atoms with van der Waals surface area (Å²) in [4.78, 5) is 18.8. The maximum Gasteiger partial charge on any atom is 0.276 e. The van der Waals surface area contributed by atoms with E-state index in [2.05, 4.69) is 29.1 Å². The number of carbonyl (C=O) groups is 1. The molecular formula is C20H28Cl2N6O. The van der Waals surface area contributed by atoms with Gasteiger partial charge < -0.3 is 10.6 Å². The predicted octanol–water partition coefficient (Wildman–Crippen LogP) is 3.41. The molecule has 1 aromatic carbocycles. The number of amides is 1. The molecule has 0 radical (unpaired) electrons. The maximum atomic E-state index is 12.8. The van der Waals surface area contributed by atoms with Gasteiger partial charge in [0, 0.05) is 31.2 Å². The predicted molar refractivity (Wildman–Crippen MR) is 120 cm³/mol. The van der Waals surface area contributed by atoms with Crippen LogP contribution in [0.2, 0.25) is 0 Å². The molecule has 2 aromatic heterocycles. The van der Waals surface area contributed by atoms with Crippen LogP contribution in [0.25, 0.3) is 16.6 Å². The van der Waals surface area contributed by atoms with E-state index in [0.29, 0.717) is 23.9 Å². The van der Waals surface area contributed by atoms with Crippen molar-refractivity contribution in [1.82, 2.24) is 24.9 Å². The fourth-order valence-corrected chi connectivity index (χ4v) is 2.93. The van der Waals surface area contributed by atoms with Crippen molar-refractivity contribution in [2.24, 2.45) is 11.7 Å². The largest absolute Gasteiger partial charge is 0.340 e. The lowest BCUT2D eigenvalue weighted by molar-refractivity contribution is 0.0782. The first-order valence-corrected chi connectivity index (χ1v) is 9.17. The highest BCUT2D eigenvalue weighted by molar-refractivity contribution is 5.93. The summed E-state index contributed by atoms with van der Waals surface area (Å²) < 4.78 is 1.69. The van der Waals surface area contributed by atoms with E-state index in [1.54, 1.807) is 22.8 Å². The van der Waals surface area contributed by atoms with E-state index < -0.39 is 0 Å². The monoisotopic (exact) mass is 438 g/mol. The van der Waals surface area contributed by atoms with Crippen molar-refractivity contribution in [3.05, 3.63) is 47.9 Å². The molecule has 2 N–H and O–H groups in total. The molecule has 1 amide bonds. The van der Waals surface area contributed by atoms with E-state index in [0.717, 1.165) is 23.0 Å². The highest BCUT2D eigenvalue weighted by Crippen LogP contribution is 2.19. The van der Waals surface area contributed by atoms with Gasteiger partial charge in [-0.25, -0.2) is 4.68 Å². The quantitative estimate of drug-likeness (QED) is 0.636. The Balaban J connectivity index is 0.00000210. The summed E-state index contributed by atoms with van der Waals surface area (Å²) in [7, 11) is 1.77. The van der Waals surface area contributed by atoms with Gasteiger partial charge in [0.2, 0.25) is 0 Å². The number of hydrogen-bond donors (Lipinski definition) is 1. The highest BCUT2D eigenvalue weighted by Gasteiger charge is 2.21. The van der Waals surface area contributed by atoms with E-state index in [1.165, 1.54) is 0 Å². The number of fused-ring (bicyclic) bond motifs is 1. The lowest BCUT2D eigenvalue weighted by atomic mass is 10.0. The Morgan fingerprint density at radius 1 is 1.24 bits per heavy atom. The average molecular weight is 439 g/mol. The summed E-state index contributed by atoms with van der Waals surface area (Å²) in [6, 6.07) is 9.82. The summed E-state index contributed by atoms with van der Waals surface area (Å²) >= 11 is 0. The number of aromatic nitrogens is 4. The van der Waals surface area contributed by atoms with Gasteiger partial charge in [0.15, 0.2) is 5.69 Å². The third-order valence-electron chi connectivity index (χ3n) is 4.93. The molecule has 9 heteroatoms. The molecule has 0 saturated carbocycles. The van der Waals surface area contributed by atoms with Crippen LogP contribution >= 0.6 is 24.8 Å².